The lowest BCUT2D eigenvalue weighted by molar-refractivity contribution is -0.147. The van der Waals surface area contributed by atoms with Gasteiger partial charge in [0.25, 0.3) is 6.47 Å². The van der Waals surface area contributed by atoms with Crippen LogP contribution in [0.3, 0.4) is 0 Å². The highest BCUT2D eigenvalue weighted by Crippen LogP contribution is 2.25. The minimum atomic E-state index is -0.702. The molecule has 0 spiro atoms. The molecule has 0 aliphatic rings. The van der Waals surface area contributed by atoms with Gasteiger partial charge in [0.2, 0.25) is 0 Å². The molecule has 4 heteroatoms. The standard InChI is InChI=1S/C26H42O4/c1-20-18-23(14-10-12-16-26(5,6)30-19-27)21(2)17-22(20)13-9-7-8-11-15-25(3,4)24(28)29/h17-19H,7-16H2,1-6H3,(H,28,29). The van der Waals surface area contributed by atoms with Crippen molar-refractivity contribution in [1.29, 1.82) is 0 Å². The summed E-state index contributed by atoms with van der Waals surface area (Å²) in [5.74, 6) is -0.702. The zero-order valence-electron chi connectivity index (χ0n) is 20.0. The summed E-state index contributed by atoms with van der Waals surface area (Å²) in [7, 11) is 0. The summed E-state index contributed by atoms with van der Waals surface area (Å²) in [6, 6.07) is 4.69. The van der Waals surface area contributed by atoms with Gasteiger partial charge in [-0.05, 0) is 109 Å². The number of benzene rings is 1. The van der Waals surface area contributed by atoms with Crippen LogP contribution in [0.5, 0.6) is 0 Å². The Labute approximate surface area is 183 Å². The van der Waals surface area contributed by atoms with Crippen molar-refractivity contribution in [1.82, 2.24) is 0 Å². The van der Waals surface area contributed by atoms with Crippen LogP contribution in [-0.2, 0) is 27.2 Å². The summed E-state index contributed by atoms with van der Waals surface area (Å²) in [5.41, 5.74) is 4.60. The zero-order chi connectivity index (χ0) is 22.8. The molecule has 0 aliphatic heterocycles. The van der Waals surface area contributed by atoms with E-state index in [1.54, 1.807) is 0 Å². The molecule has 0 unspecified atom stereocenters. The second-order valence-electron chi connectivity index (χ2n) is 9.99. The van der Waals surface area contributed by atoms with E-state index in [9.17, 15) is 14.7 Å². The van der Waals surface area contributed by atoms with E-state index in [2.05, 4.69) is 26.0 Å². The van der Waals surface area contributed by atoms with Crippen LogP contribution in [0.15, 0.2) is 12.1 Å². The lowest BCUT2D eigenvalue weighted by Gasteiger charge is -2.22. The molecule has 30 heavy (non-hydrogen) atoms. The van der Waals surface area contributed by atoms with Crippen molar-refractivity contribution in [3.05, 3.63) is 34.4 Å². The summed E-state index contributed by atoms with van der Waals surface area (Å²) < 4.78 is 5.12. The van der Waals surface area contributed by atoms with Crippen LogP contribution >= 0.6 is 0 Å². The van der Waals surface area contributed by atoms with E-state index in [-0.39, 0.29) is 5.60 Å². The largest absolute Gasteiger partial charge is 0.481 e. The molecule has 0 amide bonds. The molecule has 0 heterocycles. The molecule has 1 aromatic carbocycles. The first-order valence-corrected chi connectivity index (χ1v) is 11.4. The van der Waals surface area contributed by atoms with Gasteiger partial charge >= 0.3 is 5.97 Å². The molecule has 0 radical (unpaired) electrons. The Bertz CT molecular complexity index is 689. The number of rotatable bonds is 15. The number of hydrogen-bond acceptors (Lipinski definition) is 3. The van der Waals surface area contributed by atoms with Crippen LogP contribution in [0.2, 0.25) is 0 Å². The number of aryl methyl sites for hydroxylation is 4. The Morgan fingerprint density at radius 1 is 0.867 bits per heavy atom. The Kier molecular flexibility index (Phi) is 10.6. The lowest BCUT2D eigenvalue weighted by atomic mass is 9.87. The summed E-state index contributed by atoms with van der Waals surface area (Å²) in [6.07, 6.45) is 10.3. The van der Waals surface area contributed by atoms with Gasteiger partial charge in [-0.25, -0.2) is 0 Å². The van der Waals surface area contributed by atoms with E-state index < -0.39 is 11.4 Å². The van der Waals surface area contributed by atoms with Crippen LogP contribution in [0.25, 0.3) is 0 Å². The molecule has 0 fully saturated rings. The van der Waals surface area contributed by atoms with Gasteiger partial charge in [0.15, 0.2) is 0 Å². The molecule has 1 rings (SSSR count). The van der Waals surface area contributed by atoms with Gasteiger partial charge in [0.05, 0.1) is 5.41 Å². The molecular formula is C26H42O4. The lowest BCUT2D eigenvalue weighted by Crippen LogP contribution is -2.23. The molecule has 0 aliphatic carbocycles. The number of unbranched alkanes of at least 4 members (excludes halogenated alkanes) is 4. The minimum Gasteiger partial charge on any atom is -0.481 e. The van der Waals surface area contributed by atoms with Gasteiger partial charge < -0.3 is 9.84 Å². The number of carbonyl (C=O) groups is 2. The van der Waals surface area contributed by atoms with Crippen molar-refractivity contribution < 1.29 is 19.4 Å². The van der Waals surface area contributed by atoms with Crippen molar-refractivity contribution in [3.8, 4) is 0 Å². The second kappa shape index (κ2) is 12.1. The fourth-order valence-corrected chi connectivity index (χ4v) is 3.87. The first-order chi connectivity index (χ1) is 14.0. The fourth-order valence-electron chi connectivity index (χ4n) is 3.87. The number of aliphatic carboxylic acids is 1. The van der Waals surface area contributed by atoms with Crippen LogP contribution in [0.1, 0.15) is 101 Å². The summed E-state index contributed by atoms with van der Waals surface area (Å²) in [5, 5.41) is 9.18. The summed E-state index contributed by atoms with van der Waals surface area (Å²) in [6.45, 7) is 12.5. The fraction of sp³-hybridized carbons (Fsp3) is 0.692. The highest BCUT2D eigenvalue weighted by molar-refractivity contribution is 5.73. The molecule has 0 aromatic heterocycles. The minimum absolute atomic E-state index is 0.375. The molecule has 1 aromatic rings. The molecule has 1 N–H and O–H groups in total. The first kappa shape index (κ1) is 26.2. The van der Waals surface area contributed by atoms with Gasteiger partial charge in [-0.3, -0.25) is 9.59 Å². The maximum atomic E-state index is 11.2. The van der Waals surface area contributed by atoms with Crippen molar-refractivity contribution in [3.63, 3.8) is 0 Å². The van der Waals surface area contributed by atoms with Crippen molar-refractivity contribution in [2.75, 3.05) is 0 Å². The summed E-state index contributed by atoms with van der Waals surface area (Å²) in [4.78, 5) is 21.7. The van der Waals surface area contributed by atoms with Gasteiger partial charge in [0, 0.05) is 0 Å². The van der Waals surface area contributed by atoms with Crippen LogP contribution < -0.4 is 0 Å². The number of ether oxygens (including phenoxy) is 1. The normalized spacial score (nSPS) is 12.1. The third-order valence-corrected chi connectivity index (χ3v) is 6.21. The van der Waals surface area contributed by atoms with Crippen molar-refractivity contribution in [2.24, 2.45) is 5.41 Å². The maximum absolute atomic E-state index is 11.2. The zero-order valence-corrected chi connectivity index (χ0v) is 20.0. The quantitative estimate of drug-likeness (QED) is 0.258. The van der Waals surface area contributed by atoms with E-state index in [1.807, 2.05) is 27.7 Å². The molecule has 4 nitrogen and oxygen atoms in total. The number of carboxylic acid groups (broad SMARTS) is 1. The SMILES string of the molecule is Cc1cc(CCCCC(C)(C)OC=O)c(C)cc1CCCCCCC(C)(C)C(=O)O. The average Bonchev–Trinajstić information content (AvgIpc) is 2.64. The smallest absolute Gasteiger partial charge is 0.309 e. The monoisotopic (exact) mass is 418 g/mol. The summed E-state index contributed by atoms with van der Waals surface area (Å²) >= 11 is 0. The number of carboxylic acids is 1. The molecule has 0 saturated carbocycles. The molecular weight excluding hydrogens is 376 g/mol. The molecule has 0 saturated heterocycles. The Morgan fingerprint density at radius 3 is 1.83 bits per heavy atom. The topological polar surface area (TPSA) is 63.6 Å². The van der Waals surface area contributed by atoms with Gasteiger partial charge in [-0.2, -0.15) is 0 Å². The number of hydrogen-bond donors (Lipinski definition) is 1. The van der Waals surface area contributed by atoms with E-state index in [4.69, 9.17) is 4.74 Å². The van der Waals surface area contributed by atoms with Crippen molar-refractivity contribution >= 4 is 12.4 Å². The van der Waals surface area contributed by atoms with Gasteiger partial charge in [-0.15, -0.1) is 0 Å². The molecule has 0 atom stereocenters. The van der Waals surface area contributed by atoms with E-state index in [1.165, 1.54) is 22.3 Å². The highest BCUT2D eigenvalue weighted by atomic mass is 16.5. The first-order valence-electron chi connectivity index (χ1n) is 11.4. The Morgan fingerprint density at radius 2 is 1.33 bits per heavy atom. The van der Waals surface area contributed by atoms with Gasteiger partial charge in [0.1, 0.15) is 5.60 Å². The van der Waals surface area contributed by atoms with E-state index in [0.29, 0.717) is 6.47 Å². The van der Waals surface area contributed by atoms with Crippen LogP contribution in [0.4, 0.5) is 0 Å². The second-order valence-corrected chi connectivity index (χ2v) is 9.99. The average molecular weight is 419 g/mol. The molecule has 0 bridgehead atoms. The van der Waals surface area contributed by atoms with E-state index in [0.717, 1.165) is 64.2 Å². The predicted octanol–water partition coefficient (Wildman–Crippen LogP) is 6.57. The third-order valence-electron chi connectivity index (χ3n) is 6.21. The Hall–Kier alpha value is -1.84. The number of carbonyl (C=O) groups excluding carboxylic acids is 1. The third kappa shape index (κ3) is 9.32. The van der Waals surface area contributed by atoms with Gasteiger partial charge in [-0.1, -0.05) is 31.4 Å². The molecule has 170 valence electrons. The Balaban J connectivity index is 2.40. The van der Waals surface area contributed by atoms with Crippen LogP contribution in [0, 0.1) is 19.3 Å². The van der Waals surface area contributed by atoms with Crippen LogP contribution in [-0.4, -0.2) is 23.1 Å². The maximum Gasteiger partial charge on any atom is 0.309 e. The predicted molar refractivity (Wildman–Crippen MR) is 123 cm³/mol. The highest BCUT2D eigenvalue weighted by Gasteiger charge is 2.25. The van der Waals surface area contributed by atoms with Crippen molar-refractivity contribution in [2.45, 2.75) is 111 Å². The van der Waals surface area contributed by atoms with E-state index >= 15 is 0 Å².